The molecule has 0 fully saturated rings. The lowest BCUT2D eigenvalue weighted by Crippen LogP contribution is -2.29. The Morgan fingerprint density at radius 3 is 2.95 bits per heavy atom. The van der Waals surface area contributed by atoms with Crippen molar-refractivity contribution in [1.29, 1.82) is 0 Å². The molecule has 1 N–H and O–H groups in total. The standard InChI is InChI=1S/C16H17N3O/c1-2-17-15-9-5-7-13(18-15)16(20)19-11-10-12-6-3-4-8-14(12)19/h3-9H,2,10-11H2,1H3,(H,17,18). The summed E-state index contributed by atoms with van der Waals surface area (Å²) in [5.41, 5.74) is 2.72. The number of pyridine rings is 1. The minimum Gasteiger partial charge on any atom is -0.370 e. The maximum atomic E-state index is 12.6. The van der Waals surface area contributed by atoms with Crippen LogP contribution in [0.5, 0.6) is 0 Å². The van der Waals surface area contributed by atoms with Crippen molar-refractivity contribution in [2.75, 3.05) is 23.3 Å². The fourth-order valence-electron chi connectivity index (χ4n) is 2.52. The summed E-state index contributed by atoms with van der Waals surface area (Å²) < 4.78 is 0. The minimum absolute atomic E-state index is 0.0327. The van der Waals surface area contributed by atoms with Crippen molar-refractivity contribution in [1.82, 2.24) is 4.98 Å². The zero-order valence-corrected chi connectivity index (χ0v) is 11.5. The molecule has 4 nitrogen and oxygen atoms in total. The van der Waals surface area contributed by atoms with Gasteiger partial charge in [-0.2, -0.15) is 0 Å². The van der Waals surface area contributed by atoms with Gasteiger partial charge in [-0.3, -0.25) is 4.79 Å². The van der Waals surface area contributed by atoms with Crippen LogP contribution in [0.15, 0.2) is 42.5 Å². The quantitative estimate of drug-likeness (QED) is 0.930. The molecule has 4 heteroatoms. The van der Waals surface area contributed by atoms with Crippen LogP contribution in [0.3, 0.4) is 0 Å². The van der Waals surface area contributed by atoms with Crippen molar-refractivity contribution in [2.45, 2.75) is 13.3 Å². The zero-order valence-electron chi connectivity index (χ0n) is 11.5. The number of aromatic nitrogens is 1. The van der Waals surface area contributed by atoms with E-state index in [0.29, 0.717) is 5.69 Å². The number of carbonyl (C=O) groups excluding carboxylic acids is 1. The maximum Gasteiger partial charge on any atom is 0.276 e. The summed E-state index contributed by atoms with van der Waals surface area (Å²) in [6, 6.07) is 13.5. The van der Waals surface area contributed by atoms with Gasteiger partial charge >= 0.3 is 0 Å². The Bertz CT molecular complexity index is 639. The molecule has 0 atom stereocenters. The van der Waals surface area contributed by atoms with E-state index < -0.39 is 0 Å². The number of rotatable bonds is 3. The van der Waals surface area contributed by atoms with Crippen molar-refractivity contribution < 1.29 is 4.79 Å². The number of anilines is 2. The van der Waals surface area contributed by atoms with E-state index in [4.69, 9.17) is 0 Å². The average molecular weight is 267 g/mol. The molecule has 1 amide bonds. The molecule has 2 aromatic rings. The summed E-state index contributed by atoms with van der Waals surface area (Å²) in [4.78, 5) is 18.8. The summed E-state index contributed by atoms with van der Waals surface area (Å²) in [6.45, 7) is 3.52. The maximum absolute atomic E-state index is 12.6. The first-order chi connectivity index (χ1) is 9.79. The van der Waals surface area contributed by atoms with Crippen LogP contribution in [0.1, 0.15) is 23.0 Å². The number of nitrogens with zero attached hydrogens (tertiary/aromatic N) is 2. The lowest BCUT2D eigenvalue weighted by Gasteiger charge is -2.17. The summed E-state index contributed by atoms with van der Waals surface area (Å²) in [7, 11) is 0. The van der Waals surface area contributed by atoms with Crippen LogP contribution in [0.2, 0.25) is 0 Å². The van der Waals surface area contributed by atoms with E-state index in [-0.39, 0.29) is 5.91 Å². The third-order valence-electron chi connectivity index (χ3n) is 3.46. The Morgan fingerprint density at radius 2 is 2.10 bits per heavy atom. The van der Waals surface area contributed by atoms with E-state index >= 15 is 0 Å². The molecule has 0 bridgehead atoms. The second-order valence-electron chi connectivity index (χ2n) is 4.77. The van der Waals surface area contributed by atoms with Crippen molar-refractivity contribution in [3.8, 4) is 0 Å². The molecule has 0 radical (unpaired) electrons. The Morgan fingerprint density at radius 1 is 1.25 bits per heavy atom. The first-order valence-electron chi connectivity index (χ1n) is 6.90. The number of hydrogen-bond acceptors (Lipinski definition) is 3. The third kappa shape index (κ3) is 2.25. The molecule has 20 heavy (non-hydrogen) atoms. The molecule has 0 saturated heterocycles. The smallest absolute Gasteiger partial charge is 0.276 e. The van der Waals surface area contributed by atoms with Crippen molar-refractivity contribution in [2.24, 2.45) is 0 Å². The molecule has 0 spiro atoms. The molecule has 1 aromatic heterocycles. The van der Waals surface area contributed by atoms with Gasteiger partial charge in [-0.1, -0.05) is 24.3 Å². The van der Waals surface area contributed by atoms with Crippen molar-refractivity contribution >= 4 is 17.4 Å². The molecule has 0 unspecified atom stereocenters. The predicted molar refractivity (Wildman–Crippen MR) is 80.2 cm³/mol. The Hall–Kier alpha value is -2.36. The molecular formula is C16H17N3O. The summed E-state index contributed by atoms with van der Waals surface area (Å²) in [6.07, 6.45) is 0.912. The first kappa shape index (κ1) is 12.7. The van der Waals surface area contributed by atoms with Gasteiger partial charge in [0.25, 0.3) is 5.91 Å². The number of amides is 1. The van der Waals surface area contributed by atoms with E-state index in [1.54, 1.807) is 6.07 Å². The molecule has 1 aliphatic heterocycles. The number of fused-ring (bicyclic) bond motifs is 1. The van der Waals surface area contributed by atoms with Crippen LogP contribution in [-0.4, -0.2) is 24.0 Å². The van der Waals surface area contributed by atoms with E-state index in [0.717, 1.165) is 31.0 Å². The number of nitrogens with one attached hydrogen (secondary N) is 1. The zero-order chi connectivity index (χ0) is 13.9. The Kier molecular flexibility index (Phi) is 3.37. The molecule has 102 valence electrons. The van der Waals surface area contributed by atoms with Crippen LogP contribution < -0.4 is 10.2 Å². The fourth-order valence-corrected chi connectivity index (χ4v) is 2.52. The molecule has 0 aliphatic carbocycles. The van der Waals surface area contributed by atoms with Gasteiger partial charge in [0.2, 0.25) is 0 Å². The van der Waals surface area contributed by atoms with Gasteiger partial charge in [0, 0.05) is 18.8 Å². The third-order valence-corrected chi connectivity index (χ3v) is 3.46. The van der Waals surface area contributed by atoms with Gasteiger partial charge in [-0.15, -0.1) is 0 Å². The monoisotopic (exact) mass is 267 g/mol. The van der Waals surface area contributed by atoms with Crippen molar-refractivity contribution in [3.63, 3.8) is 0 Å². The first-order valence-corrected chi connectivity index (χ1v) is 6.90. The van der Waals surface area contributed by atoms with Crippen LogP contribution in [0, 0.1) is 0 Å². The van der Waals surface area contributed by atoms with Gasteiger partial charge in [-0.05, 0) is 37.1 Å². The van der Waals surface area contributed by atoms with Crippen LogP contribution in [0.25, 0.3) is 0 Å². The summed E-state index contributed by atoms with van der Waals surface area (Å²) >= 11 is 0. The lowest BCUT2D eigenvalue weighted by atomic mass is 10.2. The average Bonchev–Trinajstić information content (AvgIpc) is 2.91. The van der Waals surface area contributed by atoms with Crippen LogP contribution >= 0.6 is 0 Å². The topological polar surface area (TPSA) is 45.2 Å². The molecule has 0 saturated carbocycles. The normalized spacial score (nSPS) is 13.2. The number of benzene rings is 1. The van der Waals surface area contributed by atoms with E-state index in [2.05, 4.69) is 16.4 Å². The Balaban J connectivity index is 1.89. The molecular weight excluding hydrogens is 250 g/mol. The molecule has 2 heterocycles. The van der Waals surface area contributed by atoms with Crippen LogP contribution in [0.4, 0.5) is 11.5 Å². The molecule has 1 aliphatic rings. The summed E-state index contributed by atoms with van der Waals surface area (Å²) in [5.74, 6) is 0.709. The highest BCUT2D eigenvalue weighted by molar-refractivity contribution is 6.06. The van der Waals surface area contributed by atoms with Gasteiger partial charge in [0.15, 0.2) is 0 Å². The van der Waals surface area contributed by atoms with E-state index in [1.807, 2.05) is 42.2 Å². The van der Waals surface area contributed by atoms with E-state index in [9.17, 15) is 4.79 Å². The number of para-hydroxylation sites is 1. The fraction of sp³-hybridized carbons (Fsp3) is 0.250. The SMILES string of the molecule is CCNc1cccc(C(=O)N2CCc3ccccc32)n1. The minimum atomic E-state index is -0.0327. The highest BCUT2D eigenvalue weighted by Gasteiger charge is 2.25. The van der Waals surface area contributed by atoms with Gasteiger partial charge in [-0.25, -0.2) is 4.98 Å². The Labute approximate surface area is 118 Å². The molecule has 1 aromatic carbocycles. The van der Waals surface area contributed by atoms with Gasteiger partial charge in [0.05, 0.1) is 0 Å². The van der Waals surface area contributed by atoms with Crippen LogP contribution in [-0.2, 0) is 6.42 Å². The number of hydrogen-bond donors (Lipinski definition) is 1. The van der Waals surface area contributed by atoms with Gasteiger partial charge in [0.1, 0.15) is 11.5 Å². The number of carbonyl (C=O) groups is 1. The predicted octanol–water partition coefficient (Wildman–Crippen LogP) is 2.72. The van der Waals surface area contributed by atoms with Crippen molar-refractivity contribution in [3.05, 3.63) is 53.7 Å². The summed E-state index contributed by atoms with van der Waals surface area (Å²) in [5, 5.41) is 3.13. The lowest BCUT2D eigenvalue weighted by molar-refractivity contribution is 0.0985. The molecule has 3 rings (SSSR count). The second kappa shape index (κ2) is 5.33. The second-order valence-corrected chi connectivity index (χ2v) is 4.77. The van der Waals surface area contributed by atoms with Gasteiger partial charge < -0.3 is 10.2 Å². The van der Waals surface area contributed by atoms with E-state index in [1.165, 1.54) is 5.56 Å². The largest absolute Gasteiger partial charge is 0.370 e. The highest BCUT2D eigenvalue weighted by atomic mass is 16.2. The highest BCUT2D eigenvalue weighted by Crippen LogP contribution is 2.28.